The number of rotatable bonds is 7. The molecule has 29 heavy (non-hydrogen) atoms. The molecule has 1 N–H and O–H groups in total. The van der Waals surface area contributed by atoms with Crippen LogP contribution < -0.4 is 5.32 Å². The van der Waals surface area contributed by atoms with Gasteiger partial charge in [-0.2, -0.15) is 0 Å². The molecule has 7 heteroatoms. The van der Waals surface area contributed by atoms with Crippen LogP contribution in [0.15, 0.2) is 11.6 Å². The van der Waals surface area contributed by atoms with Crippen molar-refractivity contribution in [3.8, 4) is 0 Å². The first-order chi connectivity index (χ1) is 13.0. The highest BCUT2D eigenvalue weighted by Crippen LogP contribution is 2.24. The Kier molecular flexibility index (Phi) is 9.90. The highest BCUT2D eigenvalue weighted by Gasteiger charge is 2.38. The van der Waals surface area contributed by atoms with Gasteiger partial charge in [-0.15, -0.1) is 0 Å². The van der Waals surface area contributed by atoms with Crippen LogP contribution in [-0.2, 0) is 19.1 Å². The number of ether oxygens (including phenoxy) is 2. The van der Waals surface area contributed by atoms with E-state index in [2.05, 4.69) is 5.32 Å². The third-order valence-electron chi connectivity index (χ3n) is 4.27. The molecule has 0 saturated carbocycles. The summed E-state index contributed by atoms with van der Waals surface area (Å²) < 4.78 is 10.4. The lowest BCUT2D eigenvalue weighted by molar-refractivity contribution is -0.139. The summed E-state index contributed by atoms with van der Waals surface area (Å²) in [6.07, 6.45) is 1.10. The molecule has 0 aromatic heterocycles. The molecule has 0 saturated heterocycles. The lowest BCUT2D eigenvalue weighted by Crippen LogP contribution is -2.56. The van der Waals surface area contributed by atoms with Gasteiger partial charge in [0.25, 0.3) is 0 Å². The fraction of sp³-hybridized carbons (Fsp3) is 0.773. The maximum absolute atomic E-state index is 13.3. The number of alkyl carbamates (subject to hydrolysis) is 1. The van der Waals surface area contributed by atoms with E-state index in [1.165, 1.54) is 0 Å². The van der Waals surface area contributed by atoms with E-state index >= 15 is 0 Å². The lowest BCUT2D eigenvalue weighted by atomic mass is 9.85. The summed E-state index contributed by atoms with van der Waals surface area (Å²) in [7, 11) is 1.68. The molecule has 0 aromatic carbocycles. The zero-order chi connectivity index (χ0) is 23.2. The van der Waals surface area contributed by atoms with Crippen molar-refractivity contribution in [2.24, 2.45) is 11.3 Å². The molecule has 0 rings (SSSR count). The van der Waals surface area contributed by atoms with Gasteiger partial charge in [-0.05, 0) is 46.0 Å². The van der Waals surface area contributed by atoms with Crippen molar-refractivity contribution in [2.45, 2.75) is 86.9 Å². The van der Waals surface area contributed by atoms with Crippen LogP contribution in [0.5, 0.6) is 0 Å². The van der Waals surface area contributed by atoms with E-state index in [4.69, 9.17) is 9.47 Å². The predicted octanol–water partition coefficient (Wildman–Crippen LogP) is 3.92. The summed E-state index contributed by atoms with van der Waals surface area (Å²) >= 11 is 0. The zero-order valence-corrected chi connectivity index (χ0v) is 20.0. The molecule has 2 atom stereocenters. The lowest BCUT2D eigenvalue weighted by Gasteiger charge is -2.37. The zero-order valence-electron chi connectivity index (χ0n) is 20.0. The third-order valence-corrected chi connectivity index (χ3v) is 4.27. The van der Waals surface area contributed by atoms with Gasteiger partial charge in [-0.25, -0.2) is 9.59 Å². The molecule has 0 aliphatic rings. The van der Waals surface area contributed by atoms with E-state index in [0.29, 0.717) is 5.57 Å². The van der Waals surface area contributed by atoms with E-state index in [9.17, 15) is 14.4 Å². The Morgan fingerprint density at radius 2 is 1.59 bits per heavy atom. The SMILES string of the molecule is CCOC(=O)/C(C)=C/[C@H](C(C)C)N(C)C(=O)C(NC(=O)OC(C)(C)C)C(C)(C)C. The van der Waals surface area contributed by atoms with Gasteiger partial charge in [0.2, 0.25) is 5.91 Å². The number of carbonyl (C=O) groups excluding carboxylic acids is 3. The standard InChI is InChI=1S/C22H40N2O5/c1-12-28-19(26)15(4)13-16(14(2)3)24(11)18(25)17(21(5,6)7)23-20(27)29-22(8,9)10/h13-14,16-17H,12H2,1-11H3,(H,23,27)/b15-13+/t16-,17?/m1/s1. The summed E-state index contributed by atoms with van der Waals surface area (Å²) in [4.78, 5) is 39.2. The van der Waals surface area contributed by atoms with Gasteiger partial charge < -0.3 is 19.7 Å². The fourth-order valence-electron chi connectivity index (χ4n) is 2.75. The van der Waals surface area contributed by atoms with Crippen molar-refractivity contribution in [1.82, 2.24) is 10.2 Å². The molecule has 0 aromatic rings. The van der Waals surface area contributed by atoms with Crippen LogP contribution in [0.4, 0.5) is 4.79 Å². The van der Waals surface area contributed by atoms with Crippen LogP contribution in [0.2, 0.25) is 0 Å². The molecule has 0 heterocycles. The number of amides is 2. The number of esters is 1. The van der Waals surface area contributed by atoms with Gasteiger partial charge in [0.1, 0.15) is 11.6 Å². The summed E-state index contributed by atoms with van der Waals surface area (Å²) in [6.45, 7) is 18.6. The molecule has 0 fully saturated rings. The molecule has 7 nitrogen and oxygen atoms in total. The van der Waals surface area contributed by atoms with Crippen molar-refractivity contribution in [1.29, 1.82) is 0 Å². The maximum atomic E-state index is 13.3. The molecule has 0 aliphatic carbocycles. The molecule has 168 valence electrons. The van der Waals surface area contributed by atoms with E-state index in [0.717, 1.165) is 0 Å². The Hall–Kier alpha value is -2.05. The fourth-order valence-corrected chi connectivity index (χ4v) is 2.75. The summed E-state index contributed by atoms with van der Waals surface area (Å²) in [5.41, 5.74) is -0.761. The van der Waals surface area contributed by atoms with Crippen LogP contribution in [0.25, 0.3) is 0 Å². The molecule has 0 aliphatic heterocycles. The second kappa shape index (κ2) is 10.6. The Morgan fingerprint density at radius 1 is 1.07 bits per heavy atom. The maximum Gasteiger partial charge on any atom is 0.408 e. The van der Waals surface area contributed by atoms with Crippen LogP contribution in [-0.4, -0.2) is 54.2 Å². The monoisotopic (exact) mass is 412 g/mol. The Balaban J connectivity index is 5.71. The van der Waals surface area contributed by atoms with Crippen LogP contribution >= 0.6 is 0 Å². The topological polar surface area (TPSA) is 84.9 Å². The predicted molar refractivity (Wildman–Crippen MR) is 114 cm³/mol. The molecule has 1 unspecified atom stereocenters. The Morgan fingerprint density at radius 3 is 1.97 bits per heavy atom. The quantitative estimate of drug-likeness (QED) is 0.506. The van der Waals surface area contributed by atoms with E-state index < -0.39 is 29.1 Å². The van der Waals surface area contributed by atoms with E-state index in [1.54, 1.807) is 52.6 Å². The van der Waals surface area contributed by atoms with Crippen LogP contribution in [0, 0.1) is 11.3 Å². The van der Waals surface area contributed by atoms with Gasteiger partial charge in [0.05, 0.1) is 12.6 Å². The number of carbonyl (C=O) groups is 3. The second-order valence-electron chi connectivity index (χ2n) is 9.70. The number of nitrogens with one attached hydrogen (secondary N) is 1. The molecule has 2 amide bonds. The average molecular weight is 413 g/mol. The van der Waals surface area contributed by atoms with Gasteiger partial charge in [0.15, 0.2) is 0 Å². The smallest absolute Gasteiger partial charge is 0.408 e. The van der Waals surface area contributed by atoms with Crippen molar-refractivity contribution in [3.63, 3.8) is 0 Å². The summed E-state index contributed by atoms with van der Waals surface area (Å²) in [6, 6.07) is -1.13. The summed E-state index contributed by atoms with van der Waals surface area (Å²) in [5.74, 6) is -0.608. The first kappa shape index (κ1) is 27.0. The molecule has 0 spiro atoms. The van der Waals surface area contributed by atoms with Crippen molar-refractivity contribution in [3.05, 3.63) is 11.6 Å². The minimum atomic E-state index is -0.792. The van der Waals surface area contributed by atoms with Gasteiger partial charge in [-0.3, -0.25) is 4.79 Å². The first-order valence-electron chi connectivity index (χ1n) is 10.1. The summed E-state index contributed by atoms with van der Waals surface area (Å²) in [5, 5.41) is 2.72. The molecular weight excluding hydrogens is 372 g/mol. The third kappa shape index (κ3) is 9.33. The van der Waals surface area contributed by atoms with Gasteiger partial charge in [-0.1, -0.05) is 40.7 Å². The highest BCUT2D eigenvalue weighted by molar-refractivity contribution is 5.89. The van der Waals surface area contributed by atoms with E-state index in [1.807, 2.05) is 34.6 Å². The van der Waals surface area contributed by atoms with Crippen LogP contribution in [0.3, 0.4) is 0 Å². The van der Waals surface area contributed by atoms with Crippen molar-refractivity contribution >= 4 is 18.0 Å². The number of hydrogen-bond donors (Lipinski definition) is 1. The largest absolute Gasteiger partial charge is 0.463 e. The molecule has 0 radical (unpaired) electrons. The van der Waals surface area contributed by atoms with Gasteiger partial charge >= 0.3 is 12.1 Å². The normalized spacial score (nSPS) is 14.8. The second-order valence-corrected chi connectivity index (χ2v) is 9.70. The van der Waals surface area contributed by atoms with E-state index in [-0.39, 0.29) is 24.5 Å². The van der Waals surface area contributed by atoms with Crippen molar-refractivity contribution < 1.29 is 23.9 Å². The number of hydrogen-bond acceptors (Lipinski definition) is 5. The Bertz CT molecular complexity index is 612. The first-order valence-corrected chi connectivity index (χ1v) is 10.1. The number of nitrogens with zero attached hydrogens (tertiary/aromatic N) is 1. The average Bonchev–Trinajstić information content (AvgIpc) is 2.53. The minimum absolute atomic E-state index is 0.0514. The Labute approximate surface area is 176 Å². The number of likely N-dealkylation sites (N-methyl/N-ethyl adjacent to an activating group) is 1. The molecular formula is C22H40N2O5. The minimum Gasteiger partial charge on any atom is -0.463 e. The van der Waals surface area contributed by atoms with Crippen LogP contribution in [0.1, 0.15) is 69.2 Å². The highest BCUT2D eigenvalue weighted by atomic mass is 16.6. The van der Waals surface area contributed by atoms with Crippen molar-refractivity contribution in [2.75, 3.05) is 13.7 Å². The molecule has 0 bridgehead atoms. The van der Waals surface area contributed by atoms with Gasteiger partial charge in [0, 0.05) is 12.6 Å².